The molecule has 7 nitrogen and oxygen atoms in total. The van der Waals surface area contributed by atoms with Crippen LogP contribution in [0.3, 0.4) is 0 Å². The first-order valence-corrected chi connectivity index (χ1v) is 11.9. The Morgan fingerprint density at radius 2 is 1.86 bits per heavy atom. The van der Waals surface area contributed by atoms with Gasteiger partial charge in [-0.25, -0.2) is 0 Å². The fraction of sp³-hybridized carbons (Fsp3) is 0.133. The summed E-state index contributed by atoms with van der Waals surface area (Å²) in [5.74, 6) is -0.937. The number of aromatic nitrogens is 1. The number of fused-ring (bicyclic) bond motifs is 1. The number of amides is 1. The van der Waals surface area contributed by atoms with Crippen molar-refractivity contribution in [2.24, 2.45) is 0 Å². The molecule has 2 heterocycles. The van der Waals surface area contributed by atoms with E-state index in [4.69, 9.17) is 4.74 Å². The largest absolute Gasteiger partial charge is 0.508 e. The molecule has 186 valence electrons. The predicted octanol–water partition coefficient (Wildman–Crippen LogP) is 5.10. The number of hydrogen-bond donors (Lipinski definition) is 3. The van der Waals surface area contributed by atoms with Gasteiger partial charge in [-0.15, -0.1) is 0 Å². The number of methoxy groups -OCH3 is 1. The van der Waals surface area contributed by atoms with Crippen molar-refractivity contribution in [2.75, 3.05) is 13.7 Å². The molecule has 0 aliphatic carbocycles. The van der Waals surface area contributed by atoms with Crippen molar-refractivity contribution in [3.05, 3.63) is 113 Å². The van der Waals surface area contributed by atoms with Crippen LogP contribution < -0.4 is 4.74 Å². The summed E-state index contributed by atoms with van der Waals surface area (Å²) in [4.78, 5) is 31.2. The van der Waals surface area contributed by atoms with Gasteiger partial charge in [0, 0.05) is 23.6 Å². The first-order valence-electron chi connectivity index (χ1n) is 11.9. The second-order valence-electron chi connectivity index (χ2n) is 8.84. The maximum Gasteiger partial charge on any atom is 0.290 e. The number of rotatable bonds is 8. The minimum Gasteiger partial charge on any atom is -0.508 e. The molecule has 3 N–H and O–H groups in total. The summed E-state index contributed by atoms with van der Waals surface area (Å²) in [6.07, 6.45) is 5.37. The van der Waals surface area contributed by atoms with Crippen LogP contribution in [0.25, 0.3) is 17.0 Å². The third-order valence-electron chi connectivity index (χ3n) is 6.58. The zero-order valence-electron chi connectivity index (χ0n) is 20.2. The van der Waals surface area contributed by atoms with Gasteiger partial charge < -0.3 is 24.8 Å². The molecule has 0 bridgehead atoms. The van der Waals surface area contributed by atoms with E-state index < -0.39 is 23.5 Å². The molecule has 5 rings (SSSR count). The number of carbonyl (C=O) groups excluding carboxylic acids is 2. The molecule has 1 amide bonds. The summed E-state index contributed by atoms with van der Waals surface area (Å²) < 4.78 is 5.35. The van der Waals surface area contributed by atoms with Gasteiger partial charge in [0.25, 0.3) is 5.91 Å². The lowest BCUT2D eigenvalue weighted by molar-refractivity contribution is -0.129. The Balaban J connectivity index is 1.47. The normalized spacial score (nSPS) is 15.8. The standard InChI is InChI=1S/C30H26N2O5/c1-37-23-11-12-25-24(17-23)21(18-31-25)14-15-32-28(20-8-5-9-22(33)16-20)27(29(35)30(32)36)26(34)13-10-19-6-3-2-4-7-19/h2-13,16-18,28,31,33,35H,14-15H2,1H3/b13-10+. The van der Waals surface area contributed by atoms with Crippen LogP contribution in [0.5, 0.6) is 11.5 Å². The Bertz CT molecular complexity index is 1530. The van der Waals surface area contributed by atoms with E-state index in [1.54, 1.807) is 25.3 Å². The molecule has 0 radical (unpaired) electrons. The number of aliphatic hydroxyl groups excluding tert-OH is 1. The van der Waals surface area contributed by atoms with Crippen LogP contribution in [0.1, 0.15) is 22.7 Å². The molecule has 1 atom stereocenters. The lowest BCUT2D eigenvalue weighted by Gasteiger charge is -2.26. The molecule has 1 aromatic heterocycles. The van der Waals surface area contributed by atoms with Crippen LogP contribution in [0, 0.1) is 0 Å². The van der Waals surface area contributed by atoms with Gasteiger partial charge in [-0.1, -0.05) is 48.5 Å². The first-order chi connectivity index (χ1) is 18.0. The molecule has 37 heavy (non-hydrogen) atoms. The third kappa shape index (κ3) is 4.71. The first kappa shape index (κ1) is 23.9. The number of benzene rings is 3. The van der Waals surface area contributed by atoms with Crippen LogP contribution in [-0.4, -0.2) is 45.4 Å². The lowest BCUT2D eigenvalue weighted by atomic mass is 9.95. The Hall–Kier alpha value is -4.78. The molecule has 0 saturated heterocycles. The molecule has 1 unspecified atom stereocenters. The van der Waals surface area contributed by atoms with Gasteiger partial charge >= 0.3 is 0 Å². The predicted molar refractivity (Wildman–Crippen MR) is 141 cm³/mol. The molecule has 7 heteroatoms. The Morgan fingerprint density at radius 1 is 1.05 bits per heavy atom. The smallest absolute Gasteiger partial charge is 0.290 e. The monoisotopic (exact) mass is 494 g/mol. The molecular formula is C30H26N2O5. The Kier molecular flexibility index (Phi) is 6.51. The maximum atomic E-state index is 13.3. The van der Waals surface area contributed by atoms with Crippen molar-refractivity contribution in [1.29, 1.82) is 0 Å². The molecular weight excluding hydrogens is 468 g/mol. The zero-order valence-corrected chi connectivity index (χ0v) is 20.2. The fourth-order valence-electron chi connectivity index (χ4n) is 4.74. The van der Waals surface area contributed by atoms with Crippen LogP contribution in [0.15, 0.2) is 96.4 Å². The quantitative estimate of drug-likeness (QED) is 0.296. The average molecular weight is 495 g/mol. The van der Waals surface area contributed by atoms with E-state index in [9.17, 15) is 19.8 Å². The number of aliphatic hydroxyl groups is 1. The van der Waals surface area contributed by atoms with Crippen LogP contribution in [0.4, 0.5) is 0 Å². The highest BCUT2D eigenvalue weighted by molar-refractivity contribution is 6.14. The summed E-state index contributed by atoms with van der Waals surface area (Å²) in [6.45, 7) is 0.243. The van der Waals surface area contributed by atoms with Gasteiger partial charge in [-0.3, -0.25) is 9.59 Å². The Labute approximate surface area is 213 Å². The second kappa shape index (κ2) is 10.1. The van der Waals surface area contributed by atoms with Crippen molar-refractivity contribution < 1.29 is 24.5 Å². The number of nitrogens with one attached hydrogen (secondary N) is 1. The van der Waals surface area contributed by atoms with E-state index in [-0.39, 0.29) is 17.9 Å². The molecule has 4 aromatic rings. The highest BCUT2D eigenvalue weighted by Gasteiger charge is 2.42. The number of ketones is 1. The molecule has 1 aliphatic rings. The minimum atomic E-state index is -0.840. The van der Waals surface area contributed by atoms with E-state index in [0.29, 0.717) is 12.0 Å². The molecule has 0 spiro atoms. The minimum absolute atomic E-state index is 0.00615. The van der Waals surface area contributed by atoms with Crippen molar-refractivity contribution in [3.63, 3.8) is 0 Å². The number of carbonyl (C=O) groups is 2. The summed E-state index contributed by atoms with van der Waals surface area (Å²) in [5, 5.41) is 21.9. The number of ether oxygens (including phenoxy) is 1. The fourth-order valence-corrected chi connectivity index (χ4v) is 4.74. The molecule has 1 aliphatic heterocycles. The number of allylic oxidation sites excluding steroid dienone is 1. The zero-order chi connectivity index (χ0) is 25.9. The number of aromatic amines is 1. The lowest BCUT2D eigenvalue weighted by Crippen LogP contribution is -2.33. The van der Waals surface area contributed by atoms with E-state index in [2.05, 4.69) is 4.98 Å². The van der Waals surface area contributed by atoms with Crippen molar-refractivity contribution in [1.82, 2.24) is 9.88 Å². The van der Waals surface area contributed by atoms with E-state index in [0.717, 1.165) is 27.8 Å². The van der Waals surface area contributed by atoms with Gasteiger partial charge in [-0.05, 0) is 59.5 Å². The molecule has 3 aromatic carbocycles. The van der Waals surface area contributed by atoms with Gasteiger partial charge in [0.1, 0.15) is 11.5 Å². The van der Waals surface area contributed by atoms with Crippen LogP contribution in [0.2, 0.25) is 0 Å². The van der Waals surface area contributed by atoms with Crippen LogP contribution in [-0.2, 0) is 16.0 Å². The van der Waals surface area contributed by atoms with Gasteiger partial charge in [0.15, 0.2) is 11.5 Å². The summed E-state index contributed by atoms with van der Waals surface area (Å²) >= 11 is 0. The van der Waals surface area contributed by atoms with Crippen molar-refractivity contribution >= 4 is 28.7 Å². The number of H-pyrrole nitrogens is 1. The summed E-state index contributed by atoms with van der Waals surface area (Å²) in [7, 11) is 1.61. The summed E-state index contributed by atoms with van der Waals surface area (Å²) in [6, 6.07) is 20.6. The highest BCUT2D eigenvalue weighted by atomic mass is 16.5. The average Bonchev–Trinajstić information content (AvgIpc) is 3.44. The van der Waals surface area contributed by atoms with E-state index in [1.165, 1.54) is 23.1 Å². The number of nitrogens with zero attached hydrogens (tertiary/aromatic N) is 1. The van der Waals surface area contributed by atoms with E-state index >= 15 is 0 Å². The van der Waals surface area contributed by atoms with Crippen molar-refractivity contribution in [3.8, 4) is 11.5 Å². The van der Waals surface area contributed by atoms with Crippen LogP contribution >= 0.6 is 0 Å². The van der Waals surface area contributed by atoms with E-state index in [1.807, 2.05) is 54.7 Å². The number of hydrogen-bond acceptors (Lipinski definition) is 5. The Morgan fingerprint density at radius 3 is 2.62 bits per heavy atom. The molecule has 0 saturated carbocycles. The van der Waals surface area contributed by atoms with Gasteiger partial charge in [0.2, 0.25) is 0 Å². The highest BCUT2D eigenvalue weighted by Crippen LogP contribution is 2.39. The third-order valence-corrected chi connectivity index (χ3v) is 6.58. The van der Waals surface area contributed by atoms with Crippen molar-refractivity contribution in [2.45, 2.75) is 12.5 Å². The SMILES string of the molecule is COc1ccc2[nH]cc(CCN3C(=O)C(O)=C(C(=O)/C=C/c4ccccc4)C3c3cccc(O)c3)c2c1. The second-order valence-corrected chi connectivity index (χ2v) is 8.84. The number of aromatic hydroxyl groups is 1. The molecule has 0 fully saturated rings. The van der Waals surface area contributed by atoms with Gasteiger partial charge in [-0.2, -0.15) is 0 Å². The number of phenols is 1. The topological polar surface area (TPSA) is 103 Å². The summed E-state index contributed by atoms with van der Waals surface area (Å²) in [5.41, 5.74) is 3.26. The maximum absolute atomic E-state index is 13.3. The van der Waals surface area contributed by atoms with Gasteiger partial charge in [0.05, 0.1) is 18.7 Å². The number of phenolic OH excluding ortho intramolecular Hbond substituents is 1.